The predicted octanol–water partition coefficient (Wildman–Crippen LogP) is 4.25. The van der Waals surface area contributed by atoms with Crippen LogP contribution in [0.15, 0.2) is 34.5 Å². The second kappa shape index (κ2) is 5.12. The molecule has 0 saturated heterocycles. The van der Waals surface area contributed by atoms with Gasteiger partial charge in [-0.25, -0.2) is 0 Å². The second-order valence-electron chi connectivity index (χ2n) is 3.56. The smallest absolute Gasteiger partial charge is 0.265 e. The number of amides is 1. The molecular formula is C12H10ClNOS2. The van der Waals surface area contributed by atoms with E-state index in [1.165, 1.54) is 11.3 Å². The number of anilines is 1. The summed E-state index contributed by atoms with van der Waals surface area (Å²) >= 11 is 11.6. The first-order valence-electron chi connectivity index (χ1n) is 4.92. The van der Waals surface area contributed by atoms with Gasteiger partial charge in [0.2, 0.25) is 0 Å². The summed E-state index contributed by atoms with van der Waals surface area (Å²) in [6, 6.07) is 7.24. The van der Waals surface area contributed by atoms with Crippen LogP contribution in [0.5, 0.6) is 0 Å². The average Bonchev–Trinajstić information content (AvgIpc) is 2.70. The minimum atomic E-state index is -0.161. The van der Waals surface area contributed by atoms with Crippen LogP contribution in [0.3, 0.4) is 0 Å². The van der Waals surface area contributed by atoms with Crippen LogP contribution < -0.4 is 5.32 Å². The number of carbonyl (C=O) groups excluding carboxylic acids is 1. The zero-order valence-electron chi connectivity index (χ0n) is 9.03. The lowest BCUT2D eigenvalue weighted by molar-refractivity contribution is 0.103. The summed E-state index contributed by atoms with van der Waals surface area (Å²) in [5.74, 6) is -0.161. The van der Waals surface area contributed by atoms with Crippen LogP contribution in [-0.2, 0) is 0 Å². The molecule has 2 aromatic rings. The summed E-state index contributed by atoms with van der Waals surface area (Å²) in [6.07, 6.45) is 0. The summed E-state index contributed by atoms with van der Waals surface area (Å²) in [6.45, 7) is 1.90. The summed E-state index contributed by atoms with van der Waals surface area (Å²) in [5, 5.41) is 5.17. The lowest BCUT2D eigenvalue weighted by Crippen LogP contribution is -2.11. The van der Waals surface area contributed by atoms with Gasteiger partial charge in [-0.05, 0) is 24.6 Å². The number of benzene rings is 1. The van der Waals surface area contributed by atoms with Gasteiger partial charge in [-0.2, -0.15) is 0 Å². The predicted molar refractivity (Wildman–Crippen MR) is 75.7 cm³/mol. The molecule has 17 heavy (non-hydrogen) atoms. The van der Waals surface area contributed by atoms with Gasteiger partial charge in [0.1, 0.15) is 0 Å². The Kier molecular flexibility index (Phi) is 3.76. The third-order valence-corrected chi connectivity index (χ3v) is 3.95. The Labute approximate surface area is 114 Å². The Hall–Kier alpha value is -0.970. The van der Waals surface area contributed by atoms with Gasteiger partial charge in [0.25, 0.3) is 5.91 Å². The molecule has 2 rings (SSSR count). The van der Waals surface area contributed by atoms with E-state index in [1.54, 1.807) is 12.1 Å². The number of thiol groups is 1. The molecule has 0 aliphatic rings. The monoisotopic (exact) mass is 283 g/mol. The fourth-order valence-electron chi connectivity index (χ4n) is 1.41. The number of halogens is 1. The Morgan fingerprint density at radius 3 is 2.82 bits per heavy atom. The number of thiophene rings is 1. The number of para-hydroxylation sites is 1. The van der Waals surface area contributed by atoms with Gasteiger partial charge < -0.3 is 5.32 Å². The van der Waals surface area contributed by atoms with E-state index < -0.39 is 0 Å². The van der Waals surface area contributed by atoms with E-state index in [0.29, 0.717) is 15.6 Å². The van der Waals surface area contributed by atoms with Crippen LogP contribution in [0, 0.1) is 6.92 Å². The molecule has 2 nitrogen and oxygen atoms in total. The maximum atomic E-state index is 11.9. The molecule has 0 atom stereocenters. The molecule has 1 heterocycles. The molecule has 0 radical (unpaired) electrons. The molecule has 1 N–H and O–H groups in total. The highest BCUT2D eigenvalue weighted by molar-refractivity contribution is 7.80. The Morgan fingerprint density at radius 2 is 2.24 bits per heavy atom. The number of nitrogens with one attached hydrogen (secondary N) is 1. The second-order valence-corrected chi connectivity index (χ2v) is 5.39. The van der Waals surface area contributed by atoms with Crippen molar-refractivity contribution in [2.45, 2.75) is 11.8 Å². The minimum absolute atomic E-state index is 0.161. The molecule has 0 bridgehead atoms. The Bertz CT molecular complexity index is 545. The lowest BCUT2D eigenvalue weighted by Gasteiger charge is -2.08. The molecule has 0 aliphatic heterocycles. The molecule has 1 aromatic carbocycles. The van der Waals surface area contributed by atoms with E-state index in [4.69, 9.17) is 11.6 Å². The van der Waals surface area contributed by atoms with Crippen molar-refractivity contribution < 1.29 is 4.79 Å². The van der Waals surface area contributed by atoms with Gasteiger partial charge in [0, 0.05) is 10.3 Å². The van der Waals surface area contributed by atoms with Crippen LogP contribution in [0.2, 0.25) is 5.02 Å². The van der Waals surface area contributed by atoms with Crippen molar-refractivity contribution in [3.8, 4) is 0 Å². The van der Waals surface area contributed by atoms with Gasteiger partial charge in [0.15, 0.2) is 0 Å². The summed E-state index contributed by atoms with van der Waals surface area (Å²) in [7, 11) is 0. The summed E-state index contributed by atoms with van der Waals surface area (Å²) < 4.78 is 0. The van der Waals surface area contributed by atoms with E-state index in [0.717, 1.165) is 10.5 Å². The third kappa shape index (κ3) is 2.83. The minimum Gasteiger partial charge on any atom is -0.320 e. The first kappa shape index (κ1) is 12.5. The topological polar surface area (TPSA) is 29.1 Å². The molecule has 5 heteroatoms. The van der Waals surface area contributed by atoms with Crippen molar-refractivity contribution in [3.63, 3.8) is 0 Å². The lowest BCUT2D eigenvalue weighted by atomic mass is 10.2. The molecule has 0 fully saturated rings. The fraction of sp³-hybridized carbons (Fsp3) is 0.0833. The van der Waals surface area contributed by atoms with Crippen LogP contribution >= 0.6 is 35.6 Å². The number of rotatable bonds is 2. The highest BCUT2D eigenvalue weighted by Crippen LogP contribution is 2.27. The number of aryl methyl sites for hydroxylation is 1. The zero-order valence-corrected chi connectivity index (χ0v) is 11.5. The van der Waals surface area contributed by atoms with E-state index in [-0.39, 0.29) is 5.91 Å². The highest BCUT2D eigenvalue weighted by atomic mass is 35.5. The van der Waals surface area contributed by atoms with Gasteiger partial charge in [-0.3, -0.25) is 4.79 Å². The van der Waals surface area contributed by atoms with Crippen LogP contribution in [0.4, 0.5) is 5.69 Å². The molecule has 88 valence electrons. The number of carbonyl (C=O) groups is 1. The average molecular weight is 284 g/mol. The number of hydrogen-bond donors (Lipinski definition) is 2. The largest absolute Gasteiger partial charge is 0.320 e. The van der Waals surface area contributed by atoms with Crippen molar-refractivity contribution in [3.05, 3.63) is 45.1 Å². The summed E-state index contributed by atoms with van der Waals surface area (Å²) in [4.78, 5) is 13.3. The van der Waals surface area contributed by atoms with E-state index in [9.17, 15) is 4.79 Å². The normalized spacial score (nSPS) is 10.3. The first-order valence-corrected chi connectivity index (χ1v) is 6.62. The SMILES string of the molecule is Cc1cccc(Cl)c1NC(=O)c1cc(S)cs1. The first-order chi connectivity index (χ1) is 8.08. The molecule has 1 aromatic heterocycles. The molecule has 0 spiro atoms. The van der Waals surface area contributed by atoms with E-state index in [2.05, 4.69) is 17.9 Å². The van der Waals surface area contributed by atoms with Crippen molar-refractivity contribution in [1.29, 1.82) is 0 Å². The van der Waals surface area contributed by atoms with Gasteiger partial charge >= 0.3 is 0 Å². The maximum absolute atomic E-state index is 11.9. The van der Waals surface area contributed by atoms with Gasteiger partial charge in [0.05, 0.1) is 15.6 Å². The Balaban J connectivity index is 2.24. The Morgan fingerprint density at radius 1 is 1.47 bits per heavy atom. The van der Waals surface area contributed by atoms with E-state index >= 15 is 0 Å². The van der Waals surface area contributed by atoms with Crippen LogP contribution in [0.1, 0.15) is 15.2 Å². The highest BCUT2D eigenvalue weighted by Gasteiger charge is 2.11. The van der Waals surface area contributed by atoms with Gasteiger partial charge in [-0.1, -0.05) is 23.7 Å². The summed E-state index contributed by atoms with van der Waals surface area (Å²) in [5.41, 5.74) is 1.60. The maximum Gasteiger partial charge on any atom is 0.265 e. The molecule has 0 unspecified atom stereocenters. The van der Waals surface area contributed by atoms with Gasteiger partial charge in [-0.15, -0.1) is 24.0 Å². The number of hydrogen-bond acceptors (Lipinski definition) is 3. The third-order valence-electron chi connectivity index (χ3n) is 2.27. The van der Waals surface area contributed by atoms with Crippen molar-refractivity contribution in [1.82, 2.24) is 0 Å². The zero-order chi connectivity index (χ0) is 12.4. The quantitative estimate of drug-likeness (QED) is 0.793. The molecule has 0 saturated carbocycles. The standard InChI is InChI=1S/C12H10ClNOS2/c1-7-3-2-4-9(13)11(7)14-12(15)10-5-8(16)6-17-10/h2-6,16H,1H3,(H,14,15). The van der Waals surface area contributed by atoms with E-state index in [1.807, 2.05) is 24.4 Å². The van der Waals surface area contributed by atoms with Crippen molar-refractivity contribution in [2.24, 2.45) is 0 Å². The van der Waals surface area contributed by atoms with Crippen LogP contribution in [-0.4, -0.2) is 5.91 Å². The van der Waals surface area contributed by atoms with Crippen molar-refractivity contribution >= 4 is 47.2 Å². The molecular weight excluding hydrogens is 274 g/mol. The van der Waals surface area contributed by atoms with Crippen molar-refractivity contribution in [2.75, 3.05) is 5.32 Å². The fourth-order valence-corrected chi connectivity index (χ4v) is 2.72. The van der Waals surface area contributed by atoms with Crippen LogP contribution in [0.25, 0.3) is 0 Å². The molecule has 0 aliphatic carbocycles. The molecule has 1 amide bonds.